The van der Waals surface area contributed by atoms with E-state index in [1.807, 2.05) is 6.92 Å². The van der Waals surface area contributed by atoms with Crippen molar-refractivity contribution in [2.45, 2.75) is 16.7 Å². The second-order valence-electron chi connectivity index (χ2n) is 4.29. The van der Waals surface area contributed by atoms with E-state index in [9.17, 15) is 16.8 Å². The minimum absolute atomic E-state index is 0.0555. The Labute approximate surface area is 123 Å². The number of nitrogens with one attached hydrogen (secondary N) is 1. The smallest absolute Gasteiger partial charge is 0.206 e. The van der Waals surface area contributed by atoms with Gasteiger partial charge in [-0.15, -0.1) is 4.83 Å². The third-order valence-electron chi connectivity index (χ3n) is 2.65. The summed E-state index contributed by atoms with van der Waals surface area (Å²) < 4.78 is 47.6. The van der Waals surface area contributed by atoms with Crippen molar-refractivity contribution >= 4 is 20.0 Å². The van der Waals surface area contributed by atoms with Gasteiger partial charge in [-0.3, -0.25) is 0 Å². The maximum atomic E-state index is 12.0. The second-order valence-corrected chi connectivity index (χ2v) is 7.55. The molecule has 1 N–H and O–H groups in total. The van der Waals surface area contributed by atoms with E-state index in [1.165, 1.54) is 36.4 Å². The number of sulfonamides is 2. The topological polar surface area (TPSA) is 94.4 Å². The van der Waals surface area contributed by atoms with Crippen LogP contribution in [0.1, 0.15) is 5.56 Å². The average Bonchev–Trinajstić information content (AvgIpc) is 2.47. The predicted octanol–water partition coefficient (Wildman–Crippen LogP) is 1.18. The van der Waals surface area contributed by atoms with Crippen LogP contribution in [0.5, 0.6) is 0 Å². The van der Waals surface area contributed by atoms with E-state index < -0.39 is 20.0 Å². The SMILES string of the molecule is Cc1ccc(S(=O)(=O)N[N]S(=O)(=O)c2ccccc2)cc1. The molecule has 21 heavy (non-hydrogen) atoms. The van der Waals surface area contributed by atoms with Crippen LogP contribution in [-0.2, 0) is 20.0 Å². The summed E-state index contributed by atoms with van der Waals surface area (Å²) >= 11 is 0. The molecular weight excluding hydrogens is 312 g/mol. The Morgan fingerprint density at radius 3 is 1.95 bits per heavy atom. The van der Waals surface area contributed by atoms with Gasteiger partial charge in [-0.1, -0.05) is 35.9 Å². The number of nitrogens with zero attached hydrogens (tertiary/aromatic N) is 1. The van der Waals surface area contributed by atoms with Crippen molar-refractivity contribution in [1.82, 2.24) is 9.66 Å². The number of benzene rings is 2. The summed E-state index contributed by atoms with van der Waals surface area (Å²) in [5.41, 5.74) is 0.891. The zero-order valence-electron chi connectivity index (χ0n) is 11.1. The van der Waals surface area contributed by atoms with Gasteiger partial charge < -0.3 is 0 Å². The van der Waals surface area contributed by atoms with Crippen LogP contribution in [-0.4, -0.2) is 16.8 Å². The molecule has 0 amide bonds. The summed E-state index contributed by atoms with van der Waals surface area (Å²) in [4.78, 5) is 4.73. The van der Waals surface area contributed by atoms with E-state index in [2.05, 4.69) is 4.83 Å². The van der Waals surface area contributed by atoms with E-state index in [0.717, 1.165) is 5.56 Å². The lowest BCUT2D eigenvalue weighted by Gasteiger charge is -2.07. The van der Waals surface area contributed by atoms with Gasteiger partial charge in [-0.05, 0) is 36.0 Å². The zero-order chi connectivity index (χ0) is 15.5. The van der Waals surface area contributed by atoms with Gasteiger partial charge in [-0.25, -0.2) is 16.8 Å². The van der Waals surface area contributed by atoms with Crippen molar-refractivity contribution in [2.24, 2.45) is 0 Å². The molecule has 0 aliphatic rings. The van der Waals surface area contributed by atoms with Crippen LogP contribution in [0.2, 0.25) is 0 Å². The average molecular weight is 325 g/mol. The normalized spacial score (nSPS) is 12.2. The molecule has 0 saturated heterocycles. The lowest BCUT2D eigenvalue weighted by molar-refractivity contribution is 0.555. The predicted molar refractivity (Wildman–Crippen MR) is 77.3 cm³/mol. The van der Waals surface area contributed by atoms with Crippen molar-refractivity contribution in [1.29, 1.82) is 0 Å². The second kappa shape index (κ2) is 5.94. The summed E-state index contributed by atoms with van der Waals surface area (Å²) in [5, 5.41) is 0. The van der Waals surface area contributed by atoms with Crippen molar-refractivity contribution in [3.63, 3.8) is 0 Å². The molecule has 8 heteroatoms. The van der Waals surface area contributed by atoms with Gasteiger partial charge in [0.1, 0.15) is 0 Å². The molecule has 0 aromatic heterocycles. The summed E-state index contributed by atoms with van der Waals surface area (Å²) in [5.74, 6) is 0. The molecular formula is C13H13N2O4S2. The number of hydrogen-bond acceptors (Lipinski definition) is 4. The number of aryl methyl sites for hydroxylation is 1. The van der Waals surface area contributed by atoms with Crippen molar-refractivity contribution in [3.8, 4) is 0 Å². The molecule has 0 heterocycles. The van der Waals surface area contributed by atoms with Crippen LogP contribution in [0.15, 0.2) is 64.4 Å². The van der Waals surface area contributed by atoms with Crippen LogP contribution in [0.3, 0.4) is 0 Å². The van der Waals surface area contributed by atoms with Crippen molar-refractivity contribution in [2.75, 3.05) is 0 Å². The lowest BCUT2D eigenvalue weighted by Crippen LogP contribution is -2.35. The third-order valence-corrected chi connectivity index (χ3v) is 5.19. The first-order valence-electron chi connectivity index (χ1n) is 5.92. The molecule has 0 fully saturated rings. The minimum Gasteiger partial charge on any atom is -0.206 e. The largest absolute Gasteiger partial charge is 0.272 e. The summed E-state index contributed by atoms with van der Waals surface area (Å²) in [6, 6.07) is 13.3. The summed E-state index contributed by atoms with van der Waals surface area (Å²) in [6.45, 7) is 1.81. The minimum atomic E-state index is -4.07. The maximum Gasteiger partial charge on any atom is 0.272 e. The molecule has 0 spiro atoms. The fraction of sp³-hybridized carbons (Fsp3) is 0.0769. The number of rotatable bonds is 5. The van der Waals surface area contributed by atoms with Gasteiger partial charge in [-0.2, -0.15) is 0 Å². The monoisotopic (exact) mass is 325 g/mol. The highest BCUT2D eigenvalue weighted by atomic mass is 32.2. The Balaban J connectivity index is 2.17. The summed E-state index contributed by atoms with van der Waals surface area (Å²) in [6.07, 6.45) is 0. The first-order chi connectivity index (χ1) is 9.81. The van der Waals surface area contributed by atoms with Crippen LogP contribution in [0, 0.1) is 6.92 Å². The Bertz CT molecular complexity index is 814. The molecule has 0 bridgehead atoms. The summed E-state index contributed by atoms with van der Waals surface area (Å²) in [7, 11) is -8.09. The van der Waals surface area contributed by atoms with Crippen molar-refractivity contribution in [3.05, 3.63) is 60.2 Å². The highest BCUT2D eigenvalue weighted by Gasteiger charge is 2.21. The molecule has 1 radical (unpaired) electrons. The Morgan fingerprint density at radius 2 is 1.38 bits per heavy atom. The van der Waals surface area contributed by atoms with Crippen LogP contribution < -0.4 is 9.66 Å². The van der Waals surface area contributed by atoms with Gasteiger partial charge >= 0.3 is 0 Å². The molecule has 2 rings (SSSR count). The highest BCUT2D eigenvalue weighted by Crippen LogP contribution is 2.11. The van der Waals surface area contributed by atoms with E-state index in [4.69, 9.17) is 0 Å². The fourth-order valence-electron chi connectivity index (χ4n) is 1.51. The van der Waals surface area contributed by atoms with E-state index in [1.54, 1.807) is 23.0 Å². The van der Waals surface area contributed by atoms with Crippen LogP contribution >= 0.6 is 0 Å². The number of hydrogen-bond donors (Lipinski definition) is 1. The highest BCUT2D eigenvalue weighted by molar-refractivity contribution is 7.92. The van der Waals surface area contributed by atoms with Gasteiger partial charge in [0.05, 0.1) is 9.79 Å². The fourth-order valence-corrected chi connectivity index (χ4v) is 3.50. The van der Waals surface area contributed by atoms with Crippen LogP contribution in [0.25, 0.3) is 0 Å². The molecule has 111 valence electrons. The van der Waals surface area contributed by atoms with Gasteiger partial charge in [0.2, 0.25) is 0 Å². The Kier molecular flexibility index (Phi) is 4.43. The lowest BCUT2D eigenvalue weighted by atomic mass is 10.2. The molecule has 6 nitrogen and oxygen atoms in total. The third kappa shape index (κ3) is 3.88. The van der Waals surface area contributed by atoms with Crippen LogP contribution in [0.4, 0.5) is 0 Å². The molecule has 2 aromatic rings. The standard InChI is InChI=1S/C13H13N2O4S2/c1-11-7-9-13(10-8-11)21(18,19)15-14-20(16,17)12-5-3-2-4-6-12/h2-10,15H,1H3. The first kappa shape index (κ1) is 15.6. The van der Waals surface area contributed by atoms with Crippen molar-refractivity contribution < 1.29 is 16.8 Å². The maximum absolute atomic E-state index is 12.0. The zero-order valence-corrected chi connectivity index (χ0v) is 12.7. The molecule has 2 aromatic carbocycles. The molecule has 0 unspecified atom stereocenters. The molecule has 0 aliphatic heterocycles. The molecule has 0 atom stereocenters. The van der Waals surface area contributed by atoms with Gasteiger partial charge in [0.25, 0.3) is 20.0 Å². The molecule has 0 aliphatic carbocycles. The Morgan fingerprint density at radius 1 is 0.810 bits per heavy atom. The quantitative estimate of drug-likeness (QED) is 0.835. The molecule has 0 saturated carbocycles. The van der Waals surface area contributed by atoms with E-state index in [0.29, 0.717) is 0 Å². The van der Waals surface area contributed by atoms with Gasteiger partial charge in [0.15, 0.2) is 0 Å². The Hall–Kier alpha value is -1.74. The first-order valence-corrected chi connectivity index (χ1v) is 8.84. The van der Waals surface area contributed by atoms with E-state index in [-0.39, 0.29) is 9.79 Å². The van der Waals surface area contributed by atoms with Gasteiger partial charge in [0, 0.05) is 0 Å². The van der Waals surface area contributed by atoms with E-state index >= 15 is 0 Å².